The van der Waals surface area contributed by atoms with Crippen LogP contribution in [0.15, 0.2) is 54.6 Å². The van der Waals surface area contributed by atoms with Crippen molar-refractivity contribution in [2.45, 2.75) is 25.1 Å². The molecule has 2 rings (SSSR count). The van der Waals surface area contributed by atoms with Gasteiger partial charge in [-0.05, 0) is 36.6 Å². The Hall–Kier alpha value is -2.83. The summed E-state index contributed by atoms with van der Waals surface area (Å²) in [5, 5.41) is 2.45. The molecule has 0 radical (unpaired) electrons. The van der Waals surface area contributed by atoms with Crippen molar-refractivity contribution in [2.24, 2.45) is 0 Å². The van der Waals surface area contributed by atoms with Gasteiger partial charge in [-0.15, -0.1) is 0 Å². The third-order valence-electron chi connectivity index (χ3n) is 3.81. The molecular weight excluding hydrogens is 347 g/mol. The molecule has 138 valence electrons. The molecule has 1 atom stereocenters. The molecule has 0 bridgehead atoms. The number of ether oxygens (including phenoxy) is 1. The molecule has 0 aliphatic heterocycles. The van der Waals surface area contributed by atoms with Crippen LogP contribution in [-0.2, 0) is 22.1 Å². The Morgan fingerprint density at radius 1 is 1.08 bits per heavy atom. The third kappa shape index (κ3) is 5.34. The lowest BCUT2D eigenvalue weighted by atomic mass is 10.0. The fourth-order valence-corrected chi connectivity index (χ4v) is 2.43. The highest BCUT2D eigenvalue weighted by Crippen LogP contribution is 2.29. The molecule has 1 N–H and O–H groups in total. The van der Waals surface area contributed by atoms with Crippen molar-refractivity contribution >= 4 is 11.9 Å². The third-order valence-corrected chi connectivity index (χ3v) is 3.81. The number of rotatable bonds is 6. The van der Waals surface area contributed by atoms with Crippen LogP contribution in [0.3, 0.4) is 0 Å². The Morgan fingerprint density at radius 3 is 2.38 bits per heavy atom. The first-order chi connectivity index (χ1) is 12.3. The molecule has 26 heavy (non-hydrogen) atoms. The van der Waals surface area contributed by atoms with Crippen LogP contribution in [0.2, 0.25) is 0 Å². The molecule has 0 aromatic heterocycles. The number of hydrogen-bond donors (Lipinski definition) is 1. The van der Waals surface area contributed by atoms with Crippen molar-refractivity contribution in [1.29, 1.82) is 0 Å². The van der Waals surface area contributed by atoms with Crippen molar-refractivity contribution in [1.82, 2.24) is 5.32 Å². The van der Waals surface area contributed by atoms with E-state index in [9.17, 15) is 22.8 Å². The lowest BCUT2D eigenvalue weighted by Crippen LogP contribution is -2.41. The lowest BCUT2D eigenvalue weighted by Gasteiger charge is -2.17. The molecule has 0 saturated heterocycles. The maximum atomic E-state index is 12.8. The van der Waals surface area contributed by atoms with Crippen LogP contribution in [0.1, 0.15) is 27.9 Å². The first-order valence-corrected chi connectivity index (χ1v) is 7.91. The maximum Gasteiger partial charge on any atom is 0.416 e. The number of carbonyl (C=O) groups is 2. The summed E-state index contributed by atoms with van der Waals surface area (Å²) in [5.41, 5.74) is -0.132. The lowest BCUT2D eigenvalue weighted by molar-refractivity contribution is -0.143. The number of amides is 1. The average Bonchev–Trinajstić information content (AvgIpc) is 2.64. The number of esters is 1. The van der Waals surface area contributed by atoms with Gasteiger partial charge in [0.15, 0.2) is 0 Å². The normalized spacial score (nSPS) is 12.3. The summed E-state index contributed by atoms with van der Waals surface area (Å²) >= 11 is 0. The van der Waals surface area contributed by atoms with Gasteiger partial charge in [-0.2, -0.15) is 13.2 Å². The van der Waals surface area contributed by atoms with E-state index in [0.717, 1.165) is 23.8 Å². The summed E-state index contributed by atoms with van der Waals surface area (Å²) in [6.45, 7) is 0. The minimum Gasteiger partial charge on any atom is -0.467 e. The first kappa shape index (κ1) is 19.5. The SMILES string of the molecule is COC(=O)[C@@H](CCc1ccccc1)NC(=O)c1cccc(C(F)(F)F)c1. The van der Waals surface area contributed by atoms with E-state index in [1.54, 1.807) is 0 Å². The second-order valence-electron chi connectivity index (χ2n) is 5.65. The predicted octanol–water partition coefficient (Wildman–Crippen LogP) is 3.61. The van der Waals surface area contributed by atoms with Crippen molar-refractivity contribution in [3.05, 3.63) is 71.3 Å². The Balaban J connectivity index is 2.10. The van der Waals surface area contributed by atoms with E-state index in [0.29, 0.717) is 6.42 Å². The standard InChI is InChI=1S/C19H18F3NO3/c1-26-18(25)16(11-10-13-6-3-2-4-7-13)23-17(24)14-8-5-9-15(12-14)19(20,21)22/h2-9,12,16H,10-11H2,1H3,(H,23,24)/t16-/m1/s1. The molecule has 0 aliphatic carbocycles. The summed E-state index contributed by atoms with van der Waals surface area (Å²) in [6, 6.07) is 12.4. The molecule has 2 aromatic carbocycles. The summed E-state index contributed by atoms with van der Waals surface area (Å²) in [4.78, 5) is 24.2. The smallest absolute Gasteiger partial charge is 0.416 e. The van der Waals surface area contributed by atoms with Crippen LogP contribution in [-0.4, -0.2) is 25.0 Å². The maximum absolute atomic E-state index is 12.8. The topological polar surface area (TPSA) is 55.4 Å². The Labute approximate surface area is 149 Å². The molecule has 1 amide bonds. The van der Waals surface area contributed by atoms with Gasteiger partial charge in [0.1, 0.15) is 6.04 Å². The van der Waals surface area contributed by atoms with E-state index < -0.39 is 29.7 Å². The van der Waals surface area contributed by atoms with E-state index in [1.807, 2.05) is 30.3 Å². The molecule has 0 spiro atoms. The van der Waals surface area contributed by atoms with Gasteiger partial charge in [0.25, 0.3) is 5.91 Å². The van der Waals surface area contributed by atoms with Gasteiger partial charge in [-0.25, -0.2) is 4.79 Å². The second-order valence-corrected chi connectivity index (χ2v) is 5.65. The molecule has 0 unspecified atom stereocenters. The highest BCUT2D eigenvalue weighted by Gasteiger charge is 2.31. The number of carbonyl (C=O) groups excluding carboxylic acids is 2. The number of halogens is 3. The van der Waals surface area contributed by atoms with Crippen molar-refractivity contribution in [2.75, 3.05) is 7.11 Å². The van der Waals surface area contributed by atoms with E-state index in [4.69, 9.17) is 0 Å². The molecule has 0 fully saturated rings. The molecule has 2 aromatic rings. The highest BCUT2D eigenvalue weighted by molar-refractivity contribution is 5.96. The summed E-state index contributed by atoms with van der Waals surface area (Å²) in [5.74, 6) is -1.42. The Bertz CT molecular complexity index is 760. The van der Waals surface area contributed by atoms with Crippen LogP contribution in [0.25, 0.3) is 0 Å². The zero-order chi connectivity index (χ0) is 19.2. The predicted molar refractivity (Wildman–Crippen MR) is 89.5 cm³/mol. The minimum absolute atomic E-state index is 0.173. The Kier molecular flexibility index (Phi) is 6.38. The van der Waals surface area contributed by atoms with Crippen molar-refractivity contribution < 1.29 is 27.5 Å². The molecule has 0 aliphatic rings. The van der Waals surface area contributed by atoms with Crippen LogP contribution >= 0.6 is 0 Å². The van der Waals surface area contributed by atoms with Gasteiger partial charge < -0.3 is 10.1 Å². The number of alkyl halides is 3. The van der Waals surface area contributed by atoms with Gasteiger partial charge in [0, 0.05) is 5.56 Å². The van der Waals surface area contributed by atoms with Gasteiger partial charge in [-0.1, -0.05) is 36.4 Å². The Morgan fingerprint density at radius 2 is 1.77 bits per heavy atom. The largest absolute Gasteiger partial charge is 0.467 e. The molecule has 0 saturated carbocycles. The van der Waals surface area contributed by atoms with Gasteiger partial charge in [0.2, 0.25) is 0 Å². The summed E-state index contributed by atoms with van der Waals surface area (Å²) in [7, 11) is 1.19. The van der Waals surface area contributed by atoms with E-state index >= 15 is 0 Å². The zero-order valence-electron chi connectivity index (χ0n) is 14.0. The van der Waals surface area contributed by atoms with Gasteiger partial charge >= 0.3 is 12.1 Å². The molecular formula is C19H18F3NO3. The number of benzene rings is 2. The van der Waals surface area contributed by atoms with Gasteiger partial charge in [0.05, 0.1) is 12.7 Å². The quantitative estimate of drug-likeness (QED) is 0.796. The van der Waals surface area contributed by atoms with Crippen molar-refractivity contribution in [3.63, 3.8) is 0 Å². The number of aryl methyl sites for hydroxylation is 1. The summed E-state index contributed by atoms with van der Waals surface area (Å²) < 4.78 is 43.0. The average molecular weight is 365 g/mol. The van der Waals surface area contributed by atoms with Gasteiger partial charge in [-0.3, -0.25) is 4.79 Å². The number of hydrogen-bond acceptors (Lipinski definition) is 3. The monoisotopic (exact) mass is 365 g/mol. The van der Waals surface area contributed by atoms with Crippen LogP contribution in [0, 0.1) is 0 Å². The van der Waals surface area contributed by atoms with E-state index in [1.165, 1.54) is 13.2 Å². The van der Waals surface area contributed by atoms with Crippen LogP contribution < -0.4 is 5.32 Å². The molecule has 7 heteroatoms. The molecule has 4 nitrogen and oxygen atoms in total. The summed E-state index contributed by atoms with van der Waals surface area (Å²) in [6.07, 6.45) is -3.78. The fraction of sp³-hybridized carbons (Fsp3) is 0.263. The molecule has 0 heterocycles. The zero-order valence-corrected chi connectivity index (χ0v) is 14.0. The van der Waals surface area contributed by atoms with Crippen LogP contribution in [0.5, 0.6) is 0 Å². The van der Waals surface area contributed by atoms with Crippen LogP contribution in [0.4, 0.5) is 13.2 Å². The highest BCUT2D eigenvalue weighted by atomic mass is 19.4. The number of nitrogens with one attached hydrogen (secondary N) is 1. The van der Waals surface area contributed by atoms with E-state index in [2.05, 4.69) is 10.1 Å². The number of methoxy groups -OCH3 is 1. The van der Waals surface area contributed by atoms with Crippen molar-refractivity contribution in [3.8, 4) is 0 Å². The fourth-order valence-electron chi connectivity index (χ4n) is 2.43. The van der Waals surface area contributed by atoms with E-state index in [-0.39, 0.29) is 12.0 Å². The minimum atomic E-state index is -4.55. The second kappa shape index (κ2) is 8.51. The first-order valence-electron chi connectivity index (χ1n) is 7.91.